The number of anilines is 1. The van der Waals surface area contributed by atoms with Crippen LogP contribution < -0.4 is 4.90 Å². The van der Waals surface area contributed by atoms with Gasteiger partial charge in [0, 0.05) is 20.2 Å². The number of rotatable bonds is 4. The van der Waals surface area contributed by atoms with Gasteiger partial charge >= 0.3 is 0 Å². The fraction of sp³-hybridized carbons (Fsp3) is 0.750. The Bertz CT molecular complexity index is 379. The van der Waals surface area contributed by atoms with Gasteiger partial charge in [0.1, 0.15) is 0 Å². The van der Waals surface area contributed by atoms with E-state index in [1.165, 1.54) is 0 Å². The number of thiazole rings is 1. The minimum absolute atomic E-state index is 0.0900. The molecular weight excluding hydrogens is 236 g/mol. The maximum atomic E-state index is 9.35. The van der Waals surface area contributed by atoms with Gasteiger partial charge in [-0.25, -0.2) is 4.98 Å². The molecule has 0 aromatic carbocycles. The largest absolute Gasteiger partial charge is 0.391 e. The molecule has 4 nitrogen and oxygen atoms in total. The first kappa shape index (κ1) is 12.8. The normalized spacial score (nSPS) is 20.5. The van der Waals surface area contributed by atoms with Crippen molar-refractivity contribution in [1.82, 2.24) is 4.98 Å². The molecule has 17 heavy (non-hydrogen) atoms. The van der Waals surface area contributed by atoms with Crippen LogP contribution in [0.3, 0.4) is 0 Å². The Labute approximate surface area is 106 Å². The lowest BCUT2D eigenvalue weighted by molar-refractivity contribution is 0.121. The molecular formula is C12H20N2O2S. The van der Waals surface area contributed by atoms with E-state index in [1.807, 2.05) is 0 Å². The van der Waals surface area contributed by atoms with Gasteiger partial charge in [-0.2, -0.15) is 0 Å². The minimum atomic E-state index is 0.0900. The highest BCUT2D eigenvalue weighted by atomic mass is 32.1. The van der Waals surface area contributed by atoms with Crippen molar-refractivity contribution in [3.8, 4) is 0 Å². The third-order valence-electron chi connectivity index (χ3n) is 3.16. The van der Waals surface area contributed by atoms with E-state index in [0.29, 0.717) is 12.0 Å². The van der Waals surface area contributed by atoms with Crippen LogP contribution in [0.4, 0.5) is 5.13 Å². The molecule has 1 saturated heterocycles. The van der Waals surface area contributed by atoms with Crippen molar-refractivity contribution in [3.63, 3.8) is 0 Å². The van der Waals surface area contributed by atoms with E-state index in [9.17, 15) is 5.11 Å². The van der Waals surface area contributed by atoms with Crippen molar-refractivity contribution in [2.75, 3.05) is 25.1 Å². The van der Waals surface area contributed by atoms with Crippen molar-refractivity contribution in [1.29, 1.82) is 0 Å². The number of hydrogen-bond acceptors (Lipinski definition) is 5. The van der Waals surface area contributed by atoms with Crippen LogP contribution >= 0.6 is 11.3 Å². The second kappa shape index (κ2) is 5.33. The minimum Gasteiger partial charge on any atom is -0.391 e. The van der Waals surface area contributed by atoms with Crippen LogP contribution in [-0.2, 0) is 11.3 Å². The first-order valence-corrected chi connectivity index (χ1v) is 6.85. The Kier molecular flexibility index (Phi) is 4.01. The molecule has 1 aromatic rings. The quantitative estimate of drug-likeness (QED) is 0.895. The molecule has 1 aliphatic rings. The number of ether oxygens (including phenoxy) is 1. The molecule has 0 amide bonds. The van der Waals surface area contributed by atoms with E-state index in [0.717, 1.165) is 35.2 Å². The molecule has 0 aliphatic carbocycles. The van der Waals surface area contributed by atoms with Crippen molar-refractivity contribution >= 4 is 16.5 Å². The fourth-order valence-electron chi connectivity index (χ4n) is 2.14. The van der Waals surface area contributed by atoms with E-state index < -0.39 is 0 Å². The van der Waals surface area contributed by atoms with Gasteiger partial charge in [0.2, 0.25) is 0 Å². The number of hydrogen-bond donors (Lipinski definition) is 1. The monoisotopic (exact) mass is 256 g/mol. The van der Waals surface area contributed by atoms with Crippen LogP contribution in [0.25, 0.3) is 0 Å². The summed E-state index contributed by atoms with van der Waals surface area (Å²) in [5.41, 5.74) is 1.04. The smallest absolute Gasteiger partial charge is 0.185 e. The van der Waals surface area contributed by atoms with Gasteiger partial charge in [-0.15, -0.1) is 0 Å². The second-order valence-corrected chi connectivity index (χ2v) is 5.77. The molecule has 0 radical (unpaired) electrons. The molecule has 5 heteroatoms. The maximum Gasteiger partial charge on any atom is 0.185 e. The first-order chi connectivity index (χ1) is 8.15. The van der Waals surface area contributed by atoms with E-state index in [4.69, 9.17) is 4.74 Å². The summed E-state index contributed by atoms with van der Waals surface area (Å²) in [6.07, 6.45) is 1.38. The van der Waals surface area contributed by atoms with Gasteiger partial charge in [0.05, 0.1) is 23.3 Å². The van der Waals surface area contributed by atoms with Crippen molar-refractivity contribution in [3.05, 3.63) is 10.6 Å². The zero-order valence-electron chi connectivity index (χ0n) is 10.6. The van der Waals surface area contributed by atoms with E-state index >= 15 is 0 Å². The van der Waals surface area contributed by atoms with Gasteiger partial charge in [0.15, 0.2) is 5.13 Å². The van der Waals surface area contributed by atoms with Crippen LogP contribution in [-0.4, -0.2) is 36.4 Å². The predicted molar refractivity (Wildman–Crippen MR) is 69.8 cm³/mol. The number of nitrogens with zero attached hydrogens (tertiary/aromatic N) is 2. The highest BCUT2D eigenvalue weighted by Gasteiger charge is 2.25. The second-order valence-electron chi connectivity index (χ2n) is 4.71. The molecule has 0 spiro atoms. The lowest BCUT2D eigenvalue weighted by Gasteiger charge is -2.14. The van der Waals surface area contributed by atoms with Gasteiger partial charge in [-0.1, -0.05) is 25.2 Å². The Morgan fingerprint density at radius 1 is 1.59 bits per heavy atom. The molecule has 1 atom stereocenters. The van der Waals surface area contributed by atoms with Crippen LogP contribution in [0.1, 0.15) is 36.8 Å². The number of aromatic nitrogens is 1. The number of aliphatic hydroxyl groups excluding tert-OH is 1. The highest BCUT2D eigenvalue weighted by molar-refractivity contribution is 7.15. The summed E-state index contributed by atoms with van der Waals surface area (Å²) in [4.78, 5) is 7.91. The first-order valence-electron chi connectivity index (χ1n) is 6.04. The highest BCUT2D eigenvalue weighted by Crippen LogP contribution is 2.32. The van der Waals surface area contributed by atoms with Crippen LogP contribution in [0.5, 0.6) is 0 Å². The van der Waals surface area contributed by atoms with E-state index in [-0.39, 0.29) is 6.61 Å². The number of methoxy groups -OCH3 is 1. The Hall–Kier alpha value is -0.650. The summed E-state index contributed by atoms with van der Waals surface area (Å²) in [6, 6.07) is 0. The van der Waals surface area contributed by atoms with E-state index in [1.54, 1.807) is 18.4 Å². The summed E-state index contributed by atoms with van der Waals surface area (Å²) in [5.74, 6) is 0.364. The molecule has 0 saturated carbocycles. The van der Waals surface area contributed by atoms with Gasteiger partial charge < -0.3 is 14.7 Å². The topological polar surface area (TPSA) is 45.6 Å². The lowest BCUT2D eigenvalue weighted by atomic mass is 10.1. The van der Waals surface area contributed by atoms with Crippen LogP contribution in [0, 0.1) is 0 Å². The van der Waals surface area contributed by atoms with Gasteiger partial charge in [0.25, 0.3) is 0 Å². The summed E-state index contributed by atoms with van der Waals surface area (Å²) in [6.45, 7) is 6.22. The average molecular weight is 256 g/mol. The van der Waals surface area contributed by atoms with Crippen molar-refractivity contribution in [2.24, 2.45) is 0 Å². The fourth-order valence-corrected chi connectivity index (χ4v) is 3.25. The SMILES string of the molecule is COC1CCN(c2nc(C(C)C)c(CO)s2)C1. The molecule has 1 N–H and O–H groups in total. The predicted octanol–water partition coefficient (Wildman–Crippen LogP) is 1.98. The molecule has 1 fully saturated rings. The summed E-state index contributed by atoms with van der Waals surface area (Å²) >= 11 is 1.61. The standard InChI is InChI=1S/C12H20N2O2S/c1-8(2)11-10(7-15)17-12(13-11)14-5-4-9(6-14)16-3/h8-9,15H,4-7H2,1-3H3. The summed E-state index contributed by atoms with van der Waals surface area (Å²) < 4.78 is 5.36. The lowest BCUT2D eigenvalue weighted by Crippen LogP contribution is -2.21. The summed E-state index contributed by atoms with van der Waals surface area (Å²) in [7, 11) is 1.76. The van der Waals surface area contributed by atoms with Crippen LogP contribution in [0.2, 0.25) is 0 Å². The molecule has 2 heterocycles. The zero-order valence-corrected chi connectivity index (χ0v) is 11.5. The van der Waals surface area contributed by atoms with Gasteiger partial charge in [-0.05, 0) is 12.3 Å². The molecule has 0 bridgehead atoms. The van der Waals surface area contributed by atoms with Crippen molar-refractivity contribution < 1.29 is 9.84 Å². The Morgan fingerprint density at radius 3 is 2.82 bits per heavy atom. The third kappa shape index (κ3) is 2.61. The Balaban J connectivity index is 2.17. The van der Waals surface area contributed by atoms with Crippen molar-refractivity contribution in [2.45, 2.75) is 38.9 Å². The third-order valence-corrected chi connectivity index (χ3v) is 4.27. The van der Waals surface area contributed by atoms with Gasteiger partial charge in [-0.3, -0.25) is 0 Å². The van der Waals surface area contributed by atoms with Crippen LogP contribution in [0.15, 0.2) is 0 Å². The summed E-state index contributed by atoms with van der Waals surface area (Å²) in [5, 5.41) is 10.4. The zero-order chi connectivity index (χ0) is 12.4. The molecule has 1 aromatic heterocycles. The number of aliphatic hydroxyl groups is 1. The Morgan fingerprint density at radius 2 is 2.35 bits per heavy atom. The molecule has 2 rings (SSSR count). The van der Waals surface area contributed by atoms with E-state index in [2.05, 4.69) is 23.7 Å². The maximum absolute atomic E-state index is 9.35. The molecule has 1 aliphatic heterocycles. The average Bonchev–Trinajstić information content (AvgIpc) is 2.94. The molecule has 1 unspecified atom stereocenters. The molecule has 96 valence electrons.